The molecule has 0 aliphatic carbocycles. The summed E-state index contributed by atoms with van der Waals surface area (Å²) in [5.41, 5.74) is 4.62. The summed E-state index contributed by atoms with van der Waals surface area (Å²) in [6.45, 7) is 6.45. The van der Waals surface area contributed by atoms with Gasteiger partial charge >= 0.3 is 0 Å². The molecule has 1 N–H and O–H groups in total. The van der Waals surface area contributed by atoms with E-state index in [1.54, 1.807) is 30.0 Å². The number of benzene rings is 2. The molecule has 40 heavy (non-hydrogen) atoms. The van der Waals surface area contributed by atoms with Crippen molar-refractivity contribution in [2.75, 3.05) is 25.5 Å². The van der Waals surface area contributed by atoms with Crippen LogP contribution >= 0.6 is 11.6 Å². The second kappa shape index (κ2) is 10.9. The fourth-order valence-corrected chi connectivity index (χ4v) is 5.68. The molecule has 204 valence electrons. The quantitative estimate of drug-likeness (QED) is 0.251. The second-order valence-electron chi connectivity index (χ2n) is 10.3. The molecule has 6 rings (SSSR count). The average molecular weight is 555 g/mol. The lowest BCUT2D eigenvalue weighted by Gasteiger charge is -2.29. The molecule has 0 unspecified atom stereocenters. The van der Waals surface area contributed by atoms with Gasteiger partial charge in [0, 0.05) is 52.5 Å². The van der Waals surface area contributed by atoms with Gasteiger partial charge in [0.15, 0.2) is 11.7 Å². The summed E-state index contributed by atoms with van der Waals surface area (Å²) in [5.74, 6) is 2.25. The van der Waals surface area contributed by atoms with Crippen LogP contribution < -0.4 is 10.9 Å². The van der Waals surface area contributed by atoms with E-state index in [0.29, 0.717) is 51.9 Å². The first kappa shape index (κ1) is 26.2. The number of hydrogen-bond donors (Lipinski definition) is 1. The van der Waals surface area contributed by atoms with Crippen LogP contribution in [0.5, 0.6) is 0 Å². The van der Waals surface area contributed by atoms with Crippen molar-refractivity contribution in [2.45, 2.75) is 39.2 Å². The SMILES string of the molecule is CCn1c(=O)c(-c2ccc(-c3cnc(C)o3)cc2Cl)cc2cnc(Nc3ccc(C4CCN(C)CC4)cc3)nc21. The highest BCUT2D eigenvalue weighted by molar-refractivity contribution is 6.33. The molecule has 1 fully saturated rings. The van der Waals surface area contributed by atoms with Crippen LogP contribution in [-0.4, -0.2) is 44.6 Å². The molecular weight excluding hydrogens is 524 g/mol. The van der Waals surface area contributed by atoms with Gasteiger partial charge in [0.25, 0.3) is 5.56 Å². The van der Waals surface area contributed by atoms with Gasteiger partial charge in [-0.05, 0) is 75.6 Å². The van der Waals surface area contributed by atoms with Crippen LogP contribution in [0, 0.1) is 6.92 Å². The zero-order valence-electron chi connectivity index (χ0n) is 22.8. The van der Waals surface area contributed by atoms with E-state index in [2.05, 4.69) is 51.5 Å². The second-order valence-corrected chi connectivity index (χ2v) is 10.7. The Kier molecular flexibility index (Phi) is 7.12. The number of piperidine rings is 1. The lowest BCUT2D eigenvalue weighted by Crippen LogP contribution is -2.29. The van der Waals surface area contributed by atoms with Gasteiger partial charge in [-0.2, -0.15) is 4.98 Å². The summed E-state index contributed by atoms with van der Waals surface area (Å²) in [6.07, 6.45) is 5.77. The van der Waals surface area contributed by atoms with E-state index < -0.39 is 0 Å². The standard InChI is InChI=1S/C31H31ClN6O2/c1-4-38-29-23(15-26(30(38)39)25-10-7-22(16-27(25)32)28-18-33-19(2)40-28)17-34-31(36-29)35-24-8-5-20(6-9-24)21-11-13-37(3)14-12-21/h5-10,15-18,21H,4,11-14H2,1-3H3,(H,34,35,36). The van der Waals surface area contributed by atoms with Crippen LogP contribution in [0.15, 0.2) is 70.1 Å². The maximum Gasteiger partial charge on any atom is 0.260 e. The van der Waals surface area contributed by atoms with Gasteiger partial charge in [-0.15, -0.1) is 0 Å². The Morgan fingerprint density at radius 2 is 1.80 bits per heavy atom. The van der Waals surface area contributed by atoms with Crippen molar-refractivity contribution in [1.29, 1.82) is 0 Å². The largest absolute Gasteiger partial charge is 0.441 e. The molecule has 1 aliphatic rings. The maximum atomic E-state index is 13.6. The van der Waals surface area contributed by atoms with Crippen LogP contribution in [0.2, 0.25) is 5.02 Å². The average Bonchev–Trinajstić information content (AvgIpc) is 3.40. The maximum absolute atomic E-state index is 13.6. The predicted molar refractivity (Wildman–Crippen MR) is 159 cm³/mol. The van der Waals surface area contributed by atoms with E-state index >= 15 is 0 Å². The van der Waals surface area contributed by atoms with Gasteiger partial charge in [-0.1, -0.05) is 35.9 Å². The lowest BCUT2D eigenvalue weighted by molar-refractivity contribution is 0.255. The van der Waals surface area contributed by atoms with E-state index in [9.17, 15) is 4.79 Å². The minimum absolute atomic E-state index is 0.160. The summed E-state index contributed by atoms with van der Waals surface area (Å²) < 4.78 is 7.28. The first-order chi connectivity index (χ1) is 19.4. The molecule has 9 heteroatoms. The number of rotatable bonds is 6. The van der Waals surface area contributed by atoms with Crippen LogP contribution in [0.3, 0.4) is 0 Å². The number of hydrogen-bond acceptors (Lipinski definition) is 7. The van der Waals surface area contributed by atoms with Crippen molar-refractivity contribution in [2.24, 2.45) is 0 Å². The lowest BCUT2D eigenvalue weighted by atomic mass is 9.89. The molecule has 8 nitrogen and oxygen atoms in total. The van der Waals surface area contributed by atoms with Gasteiger partial charge in [-0.3, -0.25) is 9.36 Å². The molecule has 0 amide bonds. The minimum Gasteiger partial charge on any atom is -0.441 e. The van der Waals surface area contributed by atoms with E-state index in [4.69, 9.17) is 21.0 Å². The number of nitrogens with one attached hydrogen (secondary N) is 1. The van der Waals surface area contributed by atoms with Gasteiger partial charge in [-0.25, -0.2) is 9.97 Å². The Labute approximate surface area is 237 Å². The zero-order valence-corrected chi connectivity index (χ0v) is 23.6. The third-order valence-corrected chi connectivity index (χ3v) is 7.98. The van der Waals surface area contributed by atoms with Gasteiger partial charge < -0.3 is 14.6 Å². The normalized spacial score (nSPS) is 14.6. The third kappa shape index (κ3) is 5.12. The Balaban J connectivity index is 1.28. The Morgan fingerprint density at radius 1 is 1.02 bits per heavy atom. The molecular formula is C31H31ClN6O2. The molecule has 5 aromatic rings. The van der Waals surface area contributed by atoms with Crippen molar-refractivity contribution in [3.8, 4) is 22.5 Å². The molecule has 0 atom stereocenters. The number of fused-ring (bicyclic) bond motifs is 1. The van der Waals surface area contributed by atoms with E-state index in [1.165, 1.54) is 18.4 Å². The summed E-state index contributed by atoms with van der Waals surface area (Å²) in [4.78, 5) is 29.4. The van der Waals surface area contributed by atoms with Crippen LogP contribution in [0.25, 0.3) is 33.5 Å². The number of likely N-dealkylation sites (tertiary alicyclic amines) is 1. The molecule has 0 radical (unpaired) electrons. The molecule has 1 saturated heterocycles. The highest BCUT2D eigenvalue weighted by atomic mass is 35.5. The highest BCUT2D eigenvalue weighted by Gasteiger charge is 2.19. The van der Waals surface area contributed by atoms with E-state index in [-0.39, 0.29) is 5.56 Å². The van der Waals surface area contributed by atoms with E-state index in [0.717, 1.165) is 29.7 Å². The number of aromatic nitrogens is 4. The van der Waals surface area contributed by atoms with Crippen LogP contribution in [0.1, 0.15) is 37.1 Å². The summed E-state index contributed by atoms with van der Waals surface area (Å²) in [6, 6.07) is 15.8. The molecule has 4 heterocycles. The first-order valence-corrected chi connectivity index (χ1v) is 14.0. The fraction of sp³-hybridized carbons (Fsp3) is 0.290. The van der Waals surface area contributed by atoms with Crippen LogP contribution in [0.4, 0.5) is 11.6 Å². The summed E-state index contributed by atoms with van der Waals surface area (Å²) >= 11 is 6.67. The van der Waals surface area contributed by atoms with Crippen LogP contribution in [-0.2, 0) is 6.54 Å². The van der Waals surface area contributed by atoms with Crippen molar-refractivity contribution in [3.63, 3.8) is 0 Å². The molecule has 2 aromatic carbocycles. The number of halogens is 1. The van der Waals surface area contributed by atoms with Gasteiger partial charge in [0.1, 0.15) is 5.65 Å². The molecule has 0 bridgehead atoms. The smallest absolute Gasteiger partial charge is 0.260 e. The predicted octanol–water partition coefficient (Wildman–Crippen LogP) is 6.65. The number of pyridine rings is 1. The van der Waals surface area contributed by atoms with Gasteiger partial charge in [0.05, 0.1) is 6.20 Å². The Morgan fingerprint density at radius 3 is 2.48 bits per heavy atom. The number of oxazole rings is 1. The van der Waals surface area contributed by atoms with Gasteiger partial charge in [0.2, 0.25) is 5.95 Å². The van der Waals surface area contributed by atoms with Crippen molar-refractivity contribution in [1.82, 2.24) is 24.4 Å². The number of nitrogens with zero attached hydrogens (tertiary/aromatic N) is 5. The zero-order chi connectivity index (χ0) is 27.8. The Hall–Kier alpha value is -4.01. The minimum atomic E-state index is -0.160. The highest BCUT2D eigenvalue weighted by Crippen LogP contribution is 2.33. The molecule has 0 spiro atoms. The summed E-state index contributed by atoms with van der Waals surface area (Å²) in [7, 11) is 2.18. The fourth-order valence-electron chi connectivity index (χ4n) is 5.40. The first-order valence-electron chi connectivity index (χ1n) is 13.6. The summed E-state index contributed by atoms with van der Waals surface area (Å²) in [5, 5.41) is 4.51. The van der Waals surface area contributed by atoms with E-state index in [1.807, 2.05) is 25.1 Å². The molecule has 3 aromatic heterocycles. The third-order valence-electron chi connectivity index (χ3n) is 7.67. The molecule has 1 aliphatic heterocycles. The molecule has 0 saturated carbocycles. The van der Waals surface area contributed by atoms with Crippen molar-refractivity contribution in [3.05, 3.63) is 87.8 Å². The topological polar surface area (TPSA) is 89.1 Å². The number of anilines is 2. The van der Waals surface area contributed by atoms with Crippen molar-refractivity contribution < 1.29 is 4.42 Å². The Bertz CT molecular complexity index is 1740. The number of aryl methyl sites for hydroxylation is 2. The van der Waals surface area contributed by atoms with Crippen molar-refractivity contribution >= 4 is 34.3 Å². The monoisotopic (exact) mass is 554 g/mol.